The van der Waals surface area contributed by atoms with Crippen molar-refractivity contribution in [3.05, 3.63) is 34.9 Å². The van der Waals surface area contributed by atoms with Gasteiger partial charge < -0.3 is 4.74 Å². The summed E-state index contributed by atoms with van der Waals surface area (Å²) >= 11 is 0. The highest BCUT2D eigenvalue weighted by Crippen LogP contribution is 2.28. The lowest BCUT2D eigenvalue weighted by atomic mass is 9.84. The number of carbonyl (C=O) groups is 2. The fourth-order valence-corrected chi connectivity index (χ4v) is 2.07. The molecule has 1 unspecified atom stereocenters. The van der Waals surface area contributed by atoms with E-state index in [9.17, 15) is 9.59 Å². The van der Waals surface area contributed by atoms with Crippen LogP contribution in [0, 0.1) is 0 Å². The molecule has 1 aliphatic heterocycles. The minimum atomic E-state index is -0.620. The molecule has 2 rings (SSSR count). The second kappa shape index (κ2) is 4.23. The van der Waals surface area contributed by atoms with Crippen molar-refractivity contribution < 1.29 is 14.3 Å². The molecule has 1 atom stereocenters. The molecule has 0 saturated heterocycles. The summed E-state index contributed by atoms with van der Waals surface area (Å²) in [5, 5.41) is 0. The zero-order valence-corrected chi connectivity index (χ0v) is 11.2. The predicted molar refractivity (Wildman–Crippen MR) is 68.7 cm³/mol. The number of hydrogen-bond acceptors (Lipinski definition) is 3. The van der Waals surface area contributed by atoms with Gasteiger partial charge in [0.25, 0.3) is 0 Å². The van der Waals surface area contributed by atoms with Gasteiger partial charge in [0, 0.05) is 6.42 Å². The van der Waals surface area contributed by atoms with Crippen LogP contribution in [0.25, 0.3) is 0 Å². The van der Waals surface area contributed by atoms with E-state index in [2.05, 4.69) is 20.8 Å². The number of cyclic esters (lactones) is 1. The predicted octanol–water partition coefficient (Wildman–Crippen LogP) is 2.65. The summed E-state index contributed by atoms with van der Waals surface area (Å²) in [5.74, 6) is -0.489. The fraction of sp³-hybridized carbons (Fsp3) is 0.467. The Morgan fingerprint density at radius 3 is 2.56 bits per heavy atom. The highest BCUT2D eigenvalue weighted by atomic mass is 16.5. The third-order valence-corrected chi connectivity index (χ3v) is 3.30. The summed E-state index contributed by atoms with van der Waals surface area (Å²) in [7, 11) is 0. The number of Topliss-reactive ketones (excluding diaryl/α,β-unsaturated/α-hetero) is 1. The number of rotatable bonds is 1. The zero-order chi connectivity index (χ0) is 13.5. The maximum atomic E-state index is 11.9. The molecule has 1 aliphatic rings. The lowest BCUT2D eigenvalue weighted by Gasteiger charge is -2.26. The molecule has 0 spiro atoms. The Bertz CT molecular complexity index is 509. The zero-order valence-electron chi connectivity index (χ0n) is 11.2. The van der Waals surface area contributed by atoms with Crippen LogP contribution >= 0.6 is 0 Å². The summed E-state index contributed by atoms with van der Waals surface area (Å²) in [4.78, 5) is 23.2. The van der Waals surface area contributed by atoms with Crippen LogP contribution < -0.4 is 0 Å². The molecule has 1 aromatic rings. The average molecular weight is 246 g/mol. The van der Waals surface area contributed by atoms with Gasteiger partial charge in [-0.2, -0.15) is 0 Å². The second-order valence-corrected chi connectivity index (χ2v) is 5.83. The van der Waals surface area contributed by atoms with Crippen LogP contribution in [0.4, 0.5) is 0 Å². The van der Waals surface area contributed by atoms with Crippen molar-refractivity contribution in [3.8, 4) is 0 Å². The van der Waals surface area contributed by atoms with Crippen LogP contribution in [0.2, 0.25) is 0 Å². The van der Waals surface area contributed by atoms with Crippen molar-refractivity contribution in [3.63, 3.8) is 0 Å². The summed E-state index contributed by atoms with van der Waals surface area (Å²) < 4.78 is 5.15. The Hall–Kier alpha value is -1.64. The van der Waals surface area contributed by atoms with Crippen LogP contribution in [0.1, 0.15) is 49.2 Å². The number of fused-ring (bicyclic) bond motifs is 1. The Morgan fingerprint density at radius 1 is 1.33 bits per heavy atom. The summed E-state index contributed by atoms with van der Waals surface area (Å²) in [6, 6.07) is 5.84. The average Bonchev–Trinajstić information content (AvgIpc) is 2.27. The molecule has 0 radical (unpaired) electrons. The molecule has 0 bridgehead atoms. The third-order valence-electron chi connectivity index (χ3n) is 3.30. The number of esters is 1. The maximum Gasteiger partial charge on any atom is 0.339 e. The van der Waals surface area contributed by atoms with Crippen LogP contribution in [-0.4, -0.2) is 17.9 Å². The normalized spacial score (nSPS) is 19.1. The first-order valence-corrected chi connectivity index (χ1v) is 6.14. The number of ether oxygens (including phenoxy) is 1. The first-order chi connectivity index (χ1) is 8.29. The van der Waals surface area contributed by atoms with Crippen molar-refractivity contribution in [1.29, 1.82) is 0 Å². The highest BCUT2D eigenvalue weighted by Gasteiger charge is 2.30. The monoisotopic (exact) mass is 246 g/mol. The Kier molecular flexibility index (Phi) is 3.01. The van der Waals surface area contributed by atoms with Gasteiger partial charge in [0.05, 0.1) is 5.56 Å². The van der Waals surface area contributed by atoms with Crippen LogP contribution in [0.3, 0.4) is 0 Å². The van der Waals surface area contributed by atoms with E-state index in [4.69, 9.17) is 4.74 Å². The molecule has 0 saturated carbocycles. The molecular weight excluding hydrogens is 228 g/mol. The molecule has 1 heterocycles. The topological polar surface area (TPSA) is 43.4 Å². The van der Waals surface area contributed by atoms with Gasteiger partial charge in [0.15, 0.2) is 11.9 Å². The van der Waals surface area contributed by atoms with E-state index in [0.29, 0.717) is 12.0 Å². The van der Waals surface area contributed by atoms with E-state index in [1.807, 2.05) is 18.2 Å². The molecule has 0 fully saturated rings. The van der Waals surface area contributed by atoms with E-state index in [-0.39, 0.29) is 17.2 Å². The summed E-state index contributed by atoms with van der Waals surface area (Å²) in [5.41, 5.74) is 2.59. The van der Waals surface area contributed by atoms with Gasteiger partial charge in [-0.3, -0.25) is 4.79 Å². The van der Waals surface area contributed by atoms with Gasteiger partial charge in [-0.25, -0.2) is 4.79 Å². The largest absolute Gasteiger partial charge is 0.450 e. The number of ketones is 1. The maximum absolute atomic E-state index is 11.9. The van der Waals surface area contributed by atoms with Crippen LogP contribution in [0.15, 0.2) is 18.2 Å². The number of benzene rings is 1. The third kappa shape index (κ3) is 2.30. The quantitative estimate of drug-likeness (QED) is 0.715. The Balaban J connectivity index is 2.41. The van der Waals surface area contributed by atoms with Gasteiger partial charge in [-0.15, -0.1) is 0 Å². The van der Waals surface area contributed by atoms with Crippen LogP contribution in [-0.2, 0) is 21.4 Å². The standard InChI is InChI=1S/C15H18O3/c1-9(16)13-7-10-5-6-11(15(2,3)4)8-12(10)14(17)18-13/h5-6,8,13H,7H2,1-4H3. The van der Waals surface area contributed by atoms with Crippen LogP contribution in [0.5, 0.6) is 0 Å². The molecular formula is C15H18O3. The van der Waals surface area contributed by atoms with Gasteiger partial charge >= 0.3 is 5.97 Å². The van der Waals surface area contributed by atoms with Gasteiger partial charge in [0.2, 0.25) is 0 Å². The van der Waals surface area contributed by atoms with Crippen molar-refractivity contribution in [1.82, 2.24) is 0 Å². The fourth-order valence-electron chi connectivity index (χ4n) is 2.07. The first kappa shape index (κ1) is 12.8. The van der Waals surface area contributed by atoms with Crippen molar-refractivity contribution in [2.75, 3.05) is 0 Å². The number of hydrogen-bond donors (Lipinski definition) is 0. The molecule has 0 aliphatic carbocycles. The van der Waals surface area contributed by atoms with Crippen molar-refractivity contribution in [2.45, 2.75) is 45.6 Å². The van der Waals surface area contributed by atoms with E-state index in [1.165, 1.54) is 6.92 Å². The molecule has 96 valence electrons. The van der Waals surface area contributed by atoms with E-state index >= 15 is 0 Å². The highest BCUT2D eigenvalue weighted by molar-refractivity contribution is 5.96. The Morgan fingerprint density at radius 2 is 2.00 bits per heavy atom. The molecule has 0 aromatic heterocycles. The molecule has 0 N–H and O–H groups in total. The van der Waals surface area contributed by atoms with E-state index in [1.54, 1.807) is 0 Å². The molecule has 3 heteroatoms. The minimum Gasteiger partial charge on any atom is -0.450 e. The smallest absolute Gasteiger partial charge is 0.339 e. The van der Waals surface area contributed by atoms with Gasteiger partial charge in [-0.05, 0) is 29.5 Å². The minimum absolute atomic E-state index is 0.00721. The van der Waals surface area contributed by atoms with Gasteiger partial charge in [0.1, 0.15) is 0 Å². The van der Waals surface area contributed by atoms with E-state index in [0.717, 1.165) is 11.1 Å². The lowest BCUT2D eigenvalue weighted by molar-refractivity contribution is -0.125. The molecule has 0 amide bonds. The molecule has 3 nitrogen and oxygen atoms in total. The number of carbonyl (C=O) groups excluding carboxylic acids is 2. The first-order valence-electron chi connectivity index (χ1n) is 6.14. The molecule has 18 heavy (non-hydrogen) atoms. The lowest BCUT2D eigenvalue weighted by Crippen LogP contribution is -2.33. The van der Waals surface area contributed by atoms with Crippen molar-refractivity contribution in [2.24, 2.45) is 0 Å². The summed E-state index contributed by atoms with van der Waals surface area (Å²) in [6.45, 7) is 7.75. The molecule has 1 aromatic carbocycles. The van der Waals surface area contributed by atoms with Gasteiger partial charge in [-0.1, -0.05) is 32.9 Å². The SMILES string of the molecule is CC(=O)C1Cc2ccc(C(C)(C)C)cc2C(=O)O1. The second-order valence-electron chi connectivity index (χ2n) is 5.83. The van der Waals surface area contributed by atoms with Crippen molar-refractivity contribution >= 4 is 11.8 Å². The Labute approximate surface area is 107 Å². The summed E-state index contributed by atoms with van der Waals surface area (Å²) in [6.07, 6.45) is -0.133. The van der Waals surface area contributed by atoms with E-state index < -0.39 is 6.10 Å².